The van der Waals surface area contributed by atoms with Gasteiger partial charge in [0.25, 0.3) is 0 Å². The molecule has 0 aliphatic carbocycles. The van der Waals surface area contributed by atoms with E-state index in [4.69, 9.17) is 0 Å². The van der Waals surface area contributed by atoms with Crippen molar-refractivity contribution in [3.8, 4) is 0 Å². The first kappa shape index (κ1) is 26.2. The fourth-order valence-corrected chi connectivity index (χ4v) is 4.78. The number of hydrogen-bond donors (Lipinski definition) is 0. The van der Waals surface area contributed by atoms with Gasteiger partial charge >= 0.3 is 179 Å². The second-order valence-corrected chi connectivity index (χ2v) is 10.9. The molecule has 0 aliphatic rings. The van der Waals surface area contributed by atoms with E-state index in [1.165, 1.54) is 0 Å². The number of carbonyl (C=O) groups is 3. The van der Waals surface area contributed by atoms with Gasteiger partial charge in [-0.05, 0) is 0 Å². The zero-order valence-electron chi connectivity index (χ0n) is 14.7. The summed E-state index contributed by atoms with van der Waals surface area (Å²) in [5.74, 6) is 5.22. The van der Waals surface area contributed by atoms with Crippen molar-refractivity contribution in [3.63, 3.8) is 0 Å². The molecule has 6 nitrogen and oxygen atoms in total. The molecule has 0 fully saturated rings. The average Bonchev–Trinajstić information content (AvgIpc) is 2.71. The molecule has 3 rings (SSSR count). The summed E-state index contributed by atoms with van der Waals surface area (Å²) >= 11 is 0. The largest absolute Gasteiger partial charge is 3.00 e. The maximum atomic E-state index is 10.2. The van der Waals surface area contributed by atoms with Gasteiger partial charge in [0.2, 0.25) is 0 Å². The van der Waals surface area contributed by atoms with Crippen molar-refractivity contribution in [1.29, 1.82) is 0 Å². The molecule has 0 aromatic carbocycles. The Morgan fingerprint density at radius 1 is 0.536 bits per heavy atom. The van der Waals surface area contributed by atoms with Crippen LogP contribution in [0.25, 0.3) is 0 Å². The Balaban J connectivity index is 0.000000384. The third-order valence-electron chi connectivity index (χ3n) is 3.03. The first-order valence-corrected chi connectivity index (χ1v) is 12.7. The molecule has 3 heterocycles. The molecule has 0 amide bonds. The topological polar surface area (TPSA) is 120 Å². The summed E-state index contributed by atoms with van der Waals surface area (Å²) in [6.45, 7) is 5.04. The van der Waals surface area contributed by atoms with E-state index in [0.29, 0.717) is 0 Å². The Morgan fingerprint density at radius 2 is 0.786 bits per heavy atom. The molecule has 0 saturated carbocycles. The molecule has 0 aliphatic heterocycles. The summed E-state index contributed by atoms with van der Waals surface area (Å²) in [5, 5.41) is 30.5. The molecular weight excluding hydrogens is 420 g/mol. The zero-order chi connectivity index (χ0) is 20.1. The summed E-state index contributed by atoms with van der Waals surface area (Å²) in [6.07, 6.45) is 0. The van der Waals surface area contributed by atoms with Crippen molar-refractivity contribution in [3.05, 3.63) is 71.3 Å². The molecule has 0 radical (unpaired) electrons. The van der Waals surface area contributed by atoms with Crippen LogP contribution in [-0.4, -0.2) is 78.4 Å². The fourth-order valence-electron chi connectivity index (χ4n) is 1.72. The van der Waals surface area contributed by atoms with Crippen LogP contribution in [0.15, 0.2) is 71.3 Å². The van der Waals surface area contributed by atoms with Crippen LogP contribution < -0.4 is 15.3 Å². The number of hydrogen-bond acceptors (Lipinski definition) is 6. The predicted octanol–water partition coefficient (Wildman–Crippen LogP) is -2.66. The van der Waals surface area contributed by atoms with Gasteiger partial charge in [-0.3, -0.25) is 0 Å². The summed E-state index contributed by atoms with van der Waals surface area (Å²) in [6, 6.07) is 10.6. The molecule has 0 N–H and O–H groups in total. The molecule has 28 heavy (non-hydrogen) atoms. The SMILES string of the molecule is O=C([O-])[si]1bcccc1.O=C([O-])[si]1bcccc1.O=C([O-])[si]1bcccc1.[Al+3]. The monoisotopic (exact) mass is 432 g/mol. The van der Waals surface area contributed by atoms with Crippen molar-refractivity contribution >= 4 is 78.4 Å². The van der Waals surface area contributed by atoms with Gasteiger partial charge in [-0.15, -0.1) is 0 Å². The first-order valence-electron chi connectivity index (χ1n) is 7.71. The molecule has 0 atom stereocenters. The van der Waals surface area contributed by atoms with E-state index in [2.05, 4.69) is 0 Å². The van der Waals surface area contributed by atoms with Gasteiger partial charge in [-0.1, -0.05) is 0 Å². The van der Waals surface area contributed by atoms with Crippen molar-refractivity contribution < 1.29 is 29.7 Å². The summed E-state index contributed by atoms with van der Waals surface area (Å²) < 4.78 is 0. The Kier molecular flexibility index (Phi) is 14.2. The molecule has 3 aromatic heterocycles. The summed E-state index contributed by atoms with van der Waals surface area (Å²) in [7, 11) is -4.36. The van der Waals surface area contributed by atoms with Crippen LogP contribution in [0.4, 0.5) is 14.4 Å². The third-order valence-corrected chi connectivity index (χ3v) is 7.75. The van der Waals surface area contributed by atoms with Crippen LogP contribution in [-0.2, 0) is 0 Å². The first-order chi connectivity index (χ1) is 12.9. The smallest absolute Gasteiger partial charge is 3.00 e. The number of carboxylic acid groups (broad SMARTS) is 3. The van der Waals surface area contributed by atoms with Crippen molar-refractivity contribution in [2.24, 2.45) is 0 Å². The van der Waals surface area contributed by atoms with Crippen LogP contribution in [0.3, 0.4) is 0 Å². The van der Waals surface area contributed by atoms with Gasteiger partial charge in [0, 0.05) is 0 Å². The van der Waals surface area contributed by atoms with E-state index < -0.39 is 41.6 Å². The van der Waals surface area contributed by atoms with E-state index in [1.54, 1.807) is 90.8 Å². The van der Waals surface area contributed by atoms with Crippen LogP contribution >= 0.6 is 0 Å². The van der Waals surface area contributed by atoms with Gasteiger partial charge in [0.1, 0.15) is 0 Å². The van der Waals surface area contributed by atoms with E-state index in [9.17, 15) is 29.7 Å². The average molecular weight is 432 g/mol. The number of rotatable bonds is 3. The Hall–Kier alpha value is -1.77. The summed E-state index contributed by atoms with van der Waals surface area (Å²) in [4.78, 5) is 30.5. The minimum atomic E-state index is -1.45. The molecule has 132 valence electrons. The van der Waals surface area contributed by atoms with Gasteiger partial charge < -0.3 is 0 Å². The summed E-state index contributed by atoms with van der Waals surface area (Å²) in [5.41, 5.74) is 2.21. The van der Waals surface area contributed by atoms with E-state index >= 15 is 0 Å². The second-order valence-electron chi connectivity index (χ2n) is 4.96. The predicted molar refractivity (Wildman–Crippen MR) is 109 cm³/mol. The van der Waals surface area contributed by atoms with E-state index in [0.717, 1.165) is 0 Å². The minimum absolute atomic E-state index is 0. The fraction of sp³-hybridized carbons (Fsp3) is 0. The van der Waals surface area contributed by atoms with Crippen molar-refractivity contribution in [1.82, 2.24) is 0 Å². The van der Waals surface area contributed by atoms with E-state index in [-0.39, 0.29) is 17.4 Å². The maximum Gasteiger partial charge on any atom is 3.00 e. The number of carbonyl (C=O) groups excluding carboxylic acids is 3. The minimum Gasteiger partial charge on any atom is 3.00 e. The molecule has 0 spiro atoms. The second kappa shape index (κ2) is 15.2. The maximum absolute atomic E-state index is 10.2. The standard InChI is InChI=1S/3C5H5BO2Si.Al/c3*7-5(8)9-4-2-1-3-6-9;/h3*1-4H,(H,7,8);/q;;;+3/p-3. The molecule has 13 heteroatoms. The molecule has 0 bridgehead atoms. The molecular formula is C15H12AlB3O6Si3. The van der Waals surface area contributed by atoms with Crippen LogP contribution in [0.5, 0.6) is 0 Å². The van der Waals surface area contributed by atoms with Crippen LogP contribution in [0, 0.1) is 0 Å². The zero-order valence-corrected chi connectivity index (χ0v) is 18.8. The quantitative estimate of drug-likeness (QED) is 0.417. The molecule has 3 aromatic rings. The Labute approximate surface area is 179 Å². The van der Waals surface area contributed by atoms with Gasteiger partial charge in [0.15, 0.2) is 0 Å². The Bertz CT molecular complexity index is 758. The van der Waals surface area contributed by atoms with Crippen LogP contribution in [0.1, 0.15) is 0 Å². The van der Waals surface area contributed by atoms with Gasteiger partial charge in [-0.2, -0.15) is 0 Å². The van der Waals surface area contributed by atoms with Crippen molar-refractivity contribution in [2.45, 2.75) is 0 Å². The van der Waals surface area contributed by atoms with Crippen molar-refractivity contribution in [2.75, 3.05) is 0 Å². The third kappa shape index (κ3) is 11.2. The normalized spacial score (nSPS) is 8.14. The van der Waals surface area contributed by atoms with Gasteiger partial charge in [-0.25, -0.2) is 0 Å². The molecule has 0 saturated heterocycles. The van der Waals surface area contributed by atoms with E-state index in [1.807, 2.05) is 0 Å². The van der Waals surface area contributed by atoms with Gasteiger partial charge in [0.05, 0.1) is 0 Å². The Morgan fingerprint density at radius 3 is 0.893 bits per heavy atom. The molecule has 0 unspecified atom stereocenters. The van der Waals surface area contributed by atoms with Crippen LogP contribution in [0.2, 0.25) is 0 Å².